The van der Waals surface area contributed by atoms with Crippen LogP contribution in [0.3, 0.4) is 0 Å². The predicted molar refractivity (Wildman–Crippen MR) is 122 cm³/mol. The summed E-state index contributed by atoms with van der Waals surface area (Å²) in [4.78, 5) is 30.4. The van der Waals surface area contributed by atoms with Crippen molar-refractivity contribution in [3.63, 3.8) is 0 Å². The van der Waals surface area contributed by atoms with Crippen molar-refractivity contribution < 1.29 is 32.2 Å². The highest BCUT2D eigenvalue weighted by Crippen LogP contribution is 2.38. The quantitative estimate of drug-likeness (QED) is 0.537. The van der Waals surface area contributed by atoms with Crippen LogP contribution in [0.25, 0.3) is 0 Å². The Morgan fingerprint density at radius 2 is 1.89 bits per heavy atom. The molecule has 2 amide bonds. The first kappa shape index (κ1) is 23.9. The maximum absolute atomic E-state index is 12.9. The predicted octanol–water partition coefficient (Wildman–Crippen LogP) is 4.40. The lowest BCUT2D eigenvalue weighted by atomic mass is 10.1. The van der Waals surface area contributed by atoms with Crippen molar-refractivity contribution >= 4 is 29.0 Å². The molecule has 2 heterocycles. The molecule has 4 rings (SSSR count). The number of carbonyl (C=O) groups excluding carboxylic acids is 2. The SMILES string of the molecule is CC(=O)NCc1ccc(N2CCOc3c(C(=O)Nc4ccc(OC(F)(F)F)cc4)cccc32)nc1. The second kappa shape index (κ2) is 9.92. The van der Waals surface area contributed by atoms with Gasteiger partial charge in [-0.15, -0.1) is 13.2 Å². The first-order valence-corrected chi connectivity index (χ1v) is 10.6. The van der Waals surface area contributed by atoms with Gasteiger partial charge in [-0.25, -0.2) is 4.98 Å². The fraction of sp³-hybridized carbons (Fsp3) is 0.208. The van der Waals surface area contributed by atoms with Crippen molar-refractivity contribution in [1.29, 1.82) is 0 Å². The third kappa shape index (κ3) is 5.99. The molecule has 0 fully saturated rings. The number of anilines is 3. The van der Waals surface area contributed by atoms with Crippen LogP contribution < -0.4 is 25.0 Å². The topological polar surface area (TPSA) is 92.8 Å². The number of amides is 2. The van der Waals surface area contributed by atoms with Crippen molar-refractivity contribution in [2.45, 2.75) is 19.8 Å². The van der Waals surface area contributed by atoms with Gasteiger partial charge < -0.3 is 25.0 Å². The highest BCUT2D eigenvalue weighted by atomic mass is 19.4. The summed E-state index contributed by atoms with van der Waals surface area (Å²) >= 11 is 0. The molecule has 8 nitrogen and oxygen atoms in total. The maximum Gasteiger partial charge on any atom is 0.573 e. The number of hydrogen-bond donors (Lipinski definition) is 2. The number of aromatic nitrogens is 1. The molecule has 0 radical (unpaired) electrons. The molecule has 2 aromatic carbocycles. The second-order valence-electron chi connectivity index (χ2n) is 7.61. The Hall–Kier alpha value is -4.28. The first-order valence-electron chi connectivity index (χ1n) is 10.6. The van der Waals surface area contributed by atoms with E-state index in [0.29, 0.717) is 42.6 Å². The van der Waals surface area contributed by atoms with Crippen LogP contribution in [0.2, 0.25) is 0 Å². The number of carbonyl (C=O) groups is 2. The minimum Gasteiger partial charge on any atom is -0.489 e. The van der Waals surface area contributed by atoms with Gasteiger partial charge in [0.05, 0.1) is 17.8 Å². The summed E-state index contributed by atoms with van der Waals surface area (Å²) in [6.07, 6.45) is -3.12. The van der Waals surface area contributed by atoms with Gasteiger partial charge in [-0.2, -0.15) is 0 Å². The van der Waals surface area contributed by atoms with Crippen molar-refractivity contribution in [2.24, 2.45) is 0 Å². The average molecular weight is 486 g/mol. The first-order chi connectivity index (χ1) is 16.7. The van der Waals surface area contributed by atoms with E-state index in [0.717, 1.165) is 17.7 Å². The van der Waals surface area contributed by atoms with Crippen molar-refractivity contribution in [3.8, 4) is 11.5 Å². The summed E-state index contributed by atoms with van der Waals surface area (Å²) in [6.45, 7) is 2.64. The largest absolute Gasteiger partial charge is 0.573 e. The molecule has 35 heavy (non-hydrogen) atoms. The molecule has 11 heteroatoms. The number of nitrogens with one attached hydrogen (secondary N) is 2. The summed E-state index contributed by atoms with van der Waals surface area (Å²) in [5.41, 5.74) is 2.06. The molecule has 1 aliphatic rings. The summed E-state index contributed by atoms with van der Waals surface area (Å²) in [6, 6.07) is 13.7. The van der Waals surface area contributed by atoms with Crippen molar-refractivity contribution in [1.82, 2.24) is 10.3 Å². The number of alkyl halides is 3. The number of benzene rings is 2. The normalized spacial score (nSPS) is 12.9. The van der Waals surface area contributed by atoms with Gasteiger partial charge in [-0.1, -0.05) is 12.1 Å². The molecule has 0 saturated carbocycles. The molecular weight excluding hydrogens is 465 g/mol. The Labute approximate surface area is 198 Å². The second-order valence-corrected chi connectivity index (χ2v) is 7.61. The number of nitrogens with zero attached hydrogens (tertiary/aromatic N) is 2. The number of fused-ring (bicyclic) bond motifs is 1. The molecule has 0 spiro atoms. The van der Waals surface area contributed by atoms with Gasteiger partial charge in [-0.05, 0) is 48.0 Å². The van der Waals surface area contributed by atoms with Crippen LogP contribution in [-0.2, 0) is 11.3 Å². The van der Waals surface area contributed by atoms with Gasteiger partial charge >= 0.3 is 6.36 Å². The molecule has 0 unspecified atom stereocenters. The Balaban J connectivity index is 1.51. The van der Waals surface area contributed by atoms with E-state index in [1.54, 1.807) is 24.4 Å². The molecule has 2 N–H and O–H groups in total. The Bertz CT molecular complexity index is 1210. The third-order valence-corrected chi connectivity index (χ3v) is 5.06. The number of pyridine rings is 1. The molecule has 3 aromatic rings. The van der Waals surface area contributed by atoms with E-state index in [-0.39, 0.29) is 17.2 Å². The van der Waals surface area contributed by atoms with Gasteiger partial charge in [0.2, 0.25) is 5.91 Å². The number of ether oxygens (including phenoxy) is 2. The zero-order chi connectivity index (χ0) is 25.0. The van der Waals surface area contributed by atoms with E-state index >= 15 is 0 Å². The van der Waals surface area contributed by atoms with Crippen LogP contribution in [0.15, 0.2) is 60.8 Å². The lowest BCUT2D eigenvalue weighted by Gasteiger charge is -2.31. The number of hydrogen-bond acceptors (Lipinski definition) is 6. The van der Waals surface area contributed by atoms with Crippen LogP contribution in [0.4, 0.5) is 30.4 Å². The van der Waals surface area contributed by atoms with Crippen molar-refractivity contribution in [3.05, 3.63) is 71.9 Å². The van der Waals surface area contributed by atoms with Crippen LogP contribution >= 0.6 is 0 Å². The summed E-state index contributed by atoms with van der Waals surface area (Å²) in [7, 11) is 0. The van der Waals surface area contributed by atoms with Crippen molar-refractivity contribution in [2.75, 3.05) is 23.4 Å². The smallest absolute Gasteiger partial charge is 0.489 e. The molecule has 0 atom stereocenters. The van der Waals surface area contributed by atoms with Gasteiger partial charge in [0.15, 0.2) is 5.75 Å². The number of rotatable bonds is 6. The fourth-order valence-electron chi connectivity index (χ4n) is 3.51. The van der Waals surface area contributed by atoms with Crippen LogP contribution in [0.5, 0.6) is 11.5 Å². The van der Waals surface area contributed by atoms with Crippen LogP contribution in [-0.4, -0.2) is 36.3 Å². The van der Waals surface area contributed by atoms with E-state index in [1.165, 1.54) is 19.1 Å². The van der Waals surface area contributed by atoms with E-state index in [9.17, 15) is 22.8 Å². The third-order valence-electron chi connectivity index (χ3n) is 5.06. The van der Waals surface area contributed by atoms with E-state index in [2.05, 4.69) is 20.4 Å². The van der Waals surface area contributed by atoms with Crippen LogP contribution in [0.1, 0.15) is 22.8 Å². The number of halogens is 3. The molecule has 0 bridgehead atoms. The van der Waals surface area contributed by atoms with Gasteiger partial charge in [0.1, 0.15) is 18.2 Å². The van der Waals surface area contributed by atoms with Gasteiger partial charge in [0.25, 0.3) is 5.91 Å². The van der Waals surface area contributed by atoms with E-state index in [4.69, 9.17) is 4.74 Å². The minimum atomic E-state index is -4.79. The standard InChI is InChI=1S/C24H21F3N4O4/c1-15(32)28-13-16-5-10-21(29-14-16)31-11-12-34-22-19(3-2-4-20(22)31)23(33)30-17-6-8-18(9-7-17)35-24(25,26)27/h2-10,14H,11-13H2,1H3,(H,28,32)(H,30,33). The summed E-state index contributed by atoms with van der Waals surface area (Å²) in [5.74, 6) is 0.0258. The van der Waals surface area contributed by atoms with E-state index < -0.39 is 12.3 Å². The zero-order valence-electron chi connectivity index (χ0n) is 18.6. The number of para-hydroxylation sites is 1. The monoisotopic (exact) mass is 486 g/mol. The summed E-state index contributed by atoms with van der Waals surface area (Å²) in [5, 5.41) is 5.37. The average Bonchev–Trinajstić information content (AvgIpc) is 2.82. The lowest BCUT2D eigenvalue weighted by Crippen LogP contribution is -2.30. The minimum absolute atomic E-state index is 0.132. The highest BCUT2D eigenvalue weighted by Gasteiger charge is 2.31. The molecular formula is C24H21F3N4O4. The fourth-order valence-corrected chi connectivity index (χ4v) is 3.51. The van der Waals surface area contributed by atoms with Crippen LogP contribution in [0, 0.1) is 0 Å². The van der Waals surface area contributed by atoms with Gasteiger partial charge in [0, 0.05) is 25.4 Å². The molecule has 0 saturated heterocycles. The zero-order valence-corrected chi connectivity index (χ0v) is 18.6. The molecule has 182 valence electrons. The summed E-state index contributed by atoms with van der Waals surface area (Å²) < 4.78 is 46.7. The van der Waals surface area contributed by atoms with E-state index in [1.807, 2.05) is 17.0 Å². The molecule has 1 aliphatic heterocycles. The molecule has 0 aliphatic carbocycles. The maximum atomic E-state index is 12.9. The lowest BCUT2D eigenvalue weighted by molar-refractivity contribution is -0.274. The highest BCUT2D eigenvalue weighted by molar-refractivity contribution is 6.07. The Kier molecular flexibility index (Phi) is 6.76. The van der Waals surface area contributed by atoms with Gasteiger partial charge in [-0.3, -0.25) is 9.59 Å². The molecule has 1 aromatic heterocycles. The Morgan fingerprint density at radius 1 is 1.11 bits per heavy atom. The Morgan fingerprint density at radius 3 is 2.54 bits per heavy atom.